The van der Waals surface area contributed by atoms with Crippen molar-refractivity contribution < 1.29 is 14.6 Å². The molecule has 0 saturated heterocycles. The van der Waals surface area contributed by atoms with Gasteiger partial charge in [-0.2, -0.15) is 0 Å². The highest BCUT2D eigenvalue weighted by molar-refractivity contribution is 5.23. The number of aliphatic hydroxyl groups is 1. The zero-order valence-electron chi connectivity index (χ0n) is 11.8. The normalized spacial score (nSPS) is 13.6. The third-order valence-electron chi connectivity index (χ3n) is 3.14. The van der Waals surface area contributed by atoms with Gasteiger partial charge in [0.25, 0.3) is 0 Å². The largest absolute Gasteiger partial charge is 0.386 e. The van der Waals surface area contributed by atoms with E-state index in [1.807, 2.05) is 45.0 Å². The zero-order chi connectivity index (χ0) is 13.6. The molecule has 0 saturated carbocycles. The maximum Gasteiger partial charge on any atom is 0.102 e. The Kier molecular flexibility index (Phi) is 5.79. The summed E-state index contributed by atoms with van der Waals surface area (Å²) in [7, 11) is 1.70. The van der Waals surface area contributed by atoms with Crippen LogP contribution in [0.4, 0.5) is 0 Å². The molecule has 0 radical (unpaired) electrons. The van der Waals surface area contributed by atoms with Crippen molar-refractivity contribution >= 4 is 0 Å². The molecule has 0 aliphatic rings. The van der Waals surface area contributed by atoms with Gasteiger partial charge in [0, 0.05) is 13.7 Å². The van der Waals surface area contributed by atoms with E-state index in [1.165, 1.54) is 5.56 Å². The van der Waals surface area contributed by atoms with E-state index in [1.54, 1.807) is 7.11 Å². The minimum Gasteiger partial charge on any atom is -0.386 e. The molecule has 1 unspecified atom stereocenters. The van der Waals surface area contributed by atoms with E-state index in [4.69, 9.17) is 9.47 Å². The molecule has 0 aliphatic heterocycles. The van der Waals surface area contributed by atoms with Crippen LogP contribution in [-0.2, 0) is 9.47 Å². The van der Waals surface area contributed by atoms with E-state index in [-0.39, 0.29) is 5.60 Å². The molecule has 1 N–H and O–H groups in total. The van der Waals surface area contributed by atoms with Crippen molar-refractivity contribution in [2.24, 2.45) is 0 Å². The third kappa shape index (κ3) is 5.17. The maximum atomic E-state index is 9.94. The summed E-state index contributed by atoms with van der Waals surface area (Å²) in [5.74, 6) is 0. The molecule has 0 bridgehead atoms. The highest BCUT2D eigenvalue weighted by Crippen LogP contribution is 2.16. The summed E-state index contributed by atoms with van der Waals surface area (Å²) in [5.41, 5.74) is 1.91. The fourth-order valence-corrected chi connectivity index (χ4v) is 1.50. The number of aliphatic hydroxyl groups excluding tert-OH is 1. The number of ether oxygens (including phenoxy) is 2. The van der Waals surface area contributed by atoms with Crippen LogP contribution in [0.15, 0.2) is 24.3 Å². The molecule has 0 amide bonds. The van der Waals surface area contributed by atoms with Gasteiger partial charge in [-0.3, -0.25) is 0 Å². The Morgan fingerprint density at radius 3 is 2.39 bits per heavy atom. The second-order valence-corrected chi connectivity index (χ2v) is 5.22. The molecule has 0 heterocycles. The van der Waals surface area contributed by atoms with Crippen molar-refractivity contribution in [3.05, 3.63) is 35.4 Å². The second kappa shape index (κ2) is 6.88. The Morgan fingerprint density at radius 2 is 1.83 bits per heavy atom. The van der Waals surface area contributed by atoms with Crippen LogP contribution in [0.1, 0.15) is 37.5 Å². The average molecular weight is 252 g/mol. The van der Waals surface area contributed by atoms with Gasteiger partial charge in [0.1, 0.15) is 6.10 Å². The molecule has 102 valence electrons. The van der Waals surface area contributed by atoms with E-state index < -0.39 is 6.10 Å². The molecule has 0 aliphatic carbocycles. The van der Waals surface area contributed by atoms with Crippen molar-refractivity contribution in [3.8, 4) is 0 Å². The summed E-state index contributed by atoms with van der Waals surface area (Å²) in [6, 6.07) is 7.85. The summed E-state index contributed by atoms with van der Waals surface area (Å²) < 4.78 is 10.8. The number of benzene rings is 1. The van der Waals surface area contributed by atoms with Gasteiger partial charge in [0.05, 0.1) is 12.2 Å². The molecular weight excluding hydrogens is 228 g/mol. The van der Waals surface area contributed by atoms with Crippen molar-refractivity contribution in [1.29, 1.82) is 0 Å². The third-order valence-corrected chi connectivity index (χ3v) is 3.14. The standard InChI is InChI=1S/C15H24O3/c1-12-5-7-13(8-6-12)14(16)11-18-10-9-15(2,3)17-4/h5-8,14,16H,9-11H2,1-4H3. The molecule has 0 spiro atoms. The molecule has 1 aromatic carbocycles. The van der Waals surface area contributed by atoms with Gasteiger partial charge >= 0.3 is 0 Å². The number of aryl methyl sites for hydroxylation is 1. The SMILES string of the molecule is COC(C)(C)CCOCC(O)c1ccc(C)cc1. The van der Waals surface area contributed by atoms with Gasteiger partial charge in [-0.15, -0.1) is 0 Å². The topological polar surface area (TPSA) is 38.7 Å². The van der Waals surface area contributed by atoms with Gasteiger partial charge in [-0.05, 0) is 32.8 Å². The molecular formula is C15H24O3. The van der Waals surface area contributed by atoms with Crippen molar-refractivity contribution in [2.75, 3.05) is 20.3 Å². The Labute approximate surface area is 110 Å². The molecule has 1 rings (SSSR count). The van der Waals surface area contributed by atoms with Crippen molar-refractivity contribution in [2.45, 2.75) is 38.9 Å². The van der Waals surface area contributed by atoms with Crippen LogP contribution in [0, 0.1) is 6.92 Å². The lowest BCUT2D eigenvalue weighted by Crippen LogP contribution is -2.25. The fourth-order valence-electron chi connectivity index (χ4n) is 1.50. The Bertz CT molecular complexity index is 343. The van der Waals surface area contributed by atoms with Crippen LogP contribution < -0.4 is 0 Å². The highest BCUT2D eigenvalue weighted by Gasteiger charge is 2.16. The molecule has 0 aromatic heterocycles. The van der Waals surface area contributed by atoms with Crippen LogP contribution in [0.3, 0.4) is 0 Å². The summed E-state index contributed by atoms with van der Waals surface area (Å²) >= 11 is 0. The first-order valence-electron chi connectivity index (χ1n) is 6.32. The Balaban J connectivity index is 2.29. The van der Waals surface area contributed by atoms with E-state index >= 15 is 0 Å². The smallest absolute Gasteiger partial charge is 0.102 e. The quantitative estimate of drug-likeness (QED) is 0.758. The van der Waals surface area contributed by atoms with Crippen molar-refractivity contribution in [1.82, 2.24) is 0 Å². The molecule has 3 nitrogen and oxygen atoms in total. The van der Waals surface area contributed by atoms with Crippen LogP contribution in [-0.4, -0.2) is 31.0 Å². The van der Waals surface area contributed by atoms with Crippen LogP contribution in [0.5, 0.6) is 0 Å². The van der Waals surface area contributed by atoms with E-state index in [0.29, 0.717) is 13.2 Å². The van der Waals surface area contributed by atoms with E-state index in [2.05, 4.69) is 0 Å². The van der Waals surface area contributed by atoms with Crippen LogP contribution in [0.25, 0.3) is 0 Å². The summed E-state index contributed by atoms with van der Waals surface area (Å²) in [6.07, 6.45) is 0.251. The van der Waals surface area contributed by atoms with Crippen LogP contribution >= 0.6 is 0 Å². The summed E-state index contributed by atoms with van der Waals surface area (Å²) in [5, 5.41) is 9.94. The lowest BCUT2D eigenvalue weighted by molar-refractivity contribution is -0.0249. The zero-order valence-corrected chi connectivity index (χ0v) is 11.8. The van der Waals surface area contributed by atoms with Gasteiger partial charge in [-0.25, -0.2) is 0 Å². The molecule has 18 heavy (non-hydrogen) atoms. The first-order valence-corrected chi connectivity index (χ1v) is 6.32. The van der Waals surface area contributed by atoms with E-state index in [9.17, 15) is 5.11 Å². The van der Waals surface area contributed by atoms with Gasteiger partial charge in [0.2, 0.25) is 0 Å². The maximum absolute atomic E-state index is 9.94. The van der Waals surface area contributed by atoms with Crippen LogP contribution in [0.2, 0.25) is 0 Å². The minimum absolute atomic E-state index is 0.172. The fraction of sp³-hybridized carbons (Fsp3) is 0.600. The first-order chi connectivity index (χ1) is 8.44. The number of methoxy groups -OCH3 is 1. The Hall–Kier alpha value is -0.900. The predicted octanol–water partition coefficient (Wildman–Crippen LogP) is 2.86. The van der Waals surface area contributed by atoms with Gasteiger partial charge in [0.15, 0.2) is 0 Å². The van der Waals surface area contributed by atoms with E-state index in [0.717, 1.165) is 12.0 Å². The second-order valence-electron chi connectivity index (χ2n) is 5.22. The monoisotopic (exact) mass is 252 g/mol. The molecule has 0 fully saturated rings. The van der Waals surface area contributed by atoms with Gasteiger partial charge in [-0.1, -0.05) is 29.8 Å². The summed E-state index contributed by atoms with van der Waals surface area (Å²) in [4.78, 5) is 0. The number of hydrogen-bond donors (Lipinski definition) is 1. The lowest BCUT2D eigenvalue weighted by atomic mass is 10.1. The Morgan fingerprint density at radius 1 is 1.22 bits per heavy atom. The summed E-state index contributed by atoms with van der Waals surface area (Å²) in [6.45, 7) is 6.98. The lowest BCUT2D eigenvalue weighted by Gasteiger charge is -2.22. The van der Waals surface area contributed by atoms with Gasteiger partial charge < -0.3 is 14.6 Å². The molecule has 3 heteroatoms. The average Bonchev–Trinajstić information content (AvgIpc) is 2.35. The predicted molar refractivity (Wildman–Crippen MR) is 72.7 cm³/mol. The molecule has 1 aromatic rings. The highest BCUT2D eigenvalue weighted by atomic mass is 16.5. The number of hydrogen-bond acceptors (Lipinski definition) is 3. The molecule has 1 atom stereocenters. The minimum atomic E-state index is -0.559. The number of rotatable bonds is 7. The first kappa shape index (κ1) is 15.2. The van der Waals surface area contributed by atoms with Crippen molar-refractivity contribution in [3.63, 3.8) is 0 Å².